The number of rotatable bonds is 7. The van der Waals surface area contributed by atoms with Crippen LogP contribution >= 0.6 is 0 Å². The van der Waals surface area contributed by atoms with Crippen molar-refractivity contribution < 1.29 is 8.78 Å². The zero-order chi connectivity index (χ0) is 15.1. The lowest BCUT2D eigenvalue weighted by Gasteiger charge is -2.25. The SMILES string of the molecule is CCCNC(CCC1CCCCC1)c1cccc(F)c1F. The maximum Gasteiger partial charge on any atom is 0.163 e. The molecule has 0 spiro atoms. The molecular weight excluding hydrogens is 268 g/mol. The van der Waals surface area contributed by atoms with Crippen molar-refractivity contribution in [2.45, 2.75) is 64.3 Å². The topological polar surface area (TPSA) is 12.0 Å². The lowest BCUT2D eigenvalue weighted by molar-refractivity contribution is 0.311. The van der Waals surface area contributed by atoms with Crippen LogP contribution in [0, 0.1) is 17.6 Å². The molecule has 1 saturated carbocycles. The Morgan fingerprint density at radius 1 is 1.19 bits per heavy atom. The van der Waals surface area contributed by atoms with E-state index in [1.807, 2.05) is 0 Å². The van der Waals surface area contributed by atoms with Gasteiger partial charge in [0, 0.05) is 11.6 Å². The maximum atomic E-state index is 14.0. The Hall–Kier alpha value is -0.960. The van der Waals surface area contributed by atoms with Crippen LogP contribution in [0.3, 0.4) is 0 Å². The predicted molar refractivity (Wildman–Crippen MR) is 83.2 cm³/mol. The van der Waals surface area contributed by atoms with Crippen LogP contribution in [0.15, 0.2) is 18.2 Å². The van der Waals surface area contributed by atoms with Gasteiger partial charge in [0.1, 0.15) is 0 Å². The van der Waals surface area contributed by atoms with Crippen LogP contribution in [0.4, 0.5) is 8.78 Å². The highest BCUT2D eigenvalue weighted by Crippen LogP contribution is 2.31. The maximum absolute atomic E-state index is 14.0. The molecule has 1 aromatic rings. The largest absolute Gasteiger partial charge is 0.310 e. The van der Waals surface area contributed by atoms with Gasteiger partial charge in [-0.05, 0) is 37.8 Å². The average Bonchev–Trinajstić information content (AvgIpc) is 2.52. The van der Waals surface area contributed by atoms with Crippen molar-refractivity contribution >= 4 is 0 Å². The van der Waals surface area contributed by atoms with Crippen molar-refractivity contribution in [3.8, 4) is 0 Å². The van der Waals surface area contributed by atoms with Crippen LogP contribution in [0.1, 0.15) is 69.9 Å². The Kier molecular flexibility index (Phi) is 6.62. The van der Waals surface area contributed by atoms with Crippen LogP contribution in [-0.4, -0.2) is 6.54 Å². The summed E-state index contributed by atoms with van der Waals surface area (Å²) in [4.78, 5) is 0. The van der Waals surface area contributed by atoms with Crippen LogP contribution < -0.4 is 5.32 Å². The molecule has 2 rings (SSSR count). The summed E-state index contributed by atoms with van der Waals surface area (Å²) in [5, 5.41) is 3.39. The van der Waals surface area contributed by atoms with Crippen molar-refractivity contribution in [2.24, 2.45) is 5.92 Å². The summed E-state index contributed by atoms with van der Waals surface area (Å²) >= 11 is 0. The minimum Gasteiger partial charge on any atom is -0.310 e. The molecule has 3 heteroatoms. The minimum absolute atomic E-state index is 0.0671. The quantitative estimate of drug-likeness (QED) is 0.713. The average molecular weight is 295 g/mol. The molecule has 1 aliphatic carbocycles. The van der Waals surface area contributed by atoms with Gasteiger partial charge < -0.3 is 5.32 Å². The smallest absolute Gasteiger partial charge is 0.163 e. The second-order valence-corrected chi connectivity index (χ2v) is 6.23. The fraction of sp³-hybridized carbons (Fsp3) is 0.667. The van der Waals surface area contributed by atoms with Gasteiger partial charge in [0.15, 0.2) is 11.6 Å². The van der Waals surface area contributed by atoms with Gasteiger partial charge in [-0.25, -0.2) is 8.78 Å². The molecule has 1 aromatic carbocycles. The molecule has 0 bridgehead atoms. The Morgan fingerprint density at radius 2 is 1.95 bits per heavy atom. The molecule has 1 nitrogen and oxygen atoms in total. The third-order valence-corrected chi connectivity index (χ3v) is 4.59. The lowest BCUT2D eigenvalue weighted by atomic mass is 9.84. The second-order valence-electron chi connectivity index (χ2n) is 6.23. The predicted octanol–water partition coefficient (Wildman–Crippen LogP) is 5.37. The zero-order valence-corrected chi connectivity index (χ0v) is 13.0. The molecule has 0 aromatic heterocycles. The van der Waals surface area contributed by atoms with Gasteiger partial charge in [0.25, 0.3) is 0 Å². The Labute approximate surface area is 127 Å². The summed E-state index contributed by atoms with van der Waals surface area (Å²) in [7, 11) is 0. The molecule has 21 heavy (non-hydrogen) atoms. The van der Waals surface area contributed by atoms with Crippen molar-refractivity contribution in [1.82, 2.24) is 5.32 Å². The first kappa shape index (κ1) is 16.4. The van der Waals surface area contributed by atoms with Crippen LogP contribution in [0.5, 0.6) is 0 Å². The molecule has 0 aliphatic heterocycles. The summed E-state index contributed by atoms with van der Waals surface area (Å²) in [6.07, 6.45) is 9.60. The van der Waals surface area contributed by atoms with Crippen molar-refractivity contribution in [2.75, 3.05) is 6.54 Å². The number of benzene rings is 1. The third-order valence-electron chi connectivity index (χ3n) is 4.59. The fourth-order valence-electron chi connectivity index (χ4n) is 3.35. The van der Waals surface area contributed by atoms with E-state index in [0.29, 0.717) is 5.56 Å². The highest BCUT2D eigenvalue weighted by atomic mass is 19.2. The third kappa shape index (κ3) is 4.77. The van der Waals surface area contributed by atoms with E-state index in [9.17, 15) is 8.78 Å². The summed E-state index contributed by atoms with van der Waals surface area (Å²) in [6, 6.07) is 4.45. The van der Waals surface area contributed by atoms with Crippen molar-refractivity contribution in [1.29, 1.82) is 0 Å². The minimum atomic E-state index is -0.742. The number of hydrogen-bond donors (Lipinski definition) is 1. The molecule has 0 radical (unpaired) electrons. The number of halogens is 2. The zero-order valence-electron chi connectivity index (χ0n) is 13.0. The summed E-state index contributed by atoms with van der Waals surface area (Å²) in [5.74, 6) is -0.662. The fourth-order valence-corrected chi connectivity index (χ4v) is 3.35. The van der Waals surface area contributed by atoms with Gasteiger partial charge in [-0.15, -0.1) is 0 Å². The first-order valence-corrected chi connectivity index (χ1v) is 8.39. The summed E-state index contributed by atoms with van der Waals surface area (Å²) in [6.45, 7) is 2.93. The Balaban J connectivity index is 2.01. The van der Waals surface area contributed by atoms with Gasteiger partial charge in [0.2, 0.25) is 0 Å². The van der Waals surface area contributed by atoms with Crippen LogP contribution in [0.25, 0.3) is 0 Å². The first-order chi connectivity index (χ1) is 10.2. The first-order valence-electron chi connectivity index (χ1n) is 8.39. The van der Waals surface area contributed by atoms with Gasteiger partial charge in [-0.2, -0.15) is 0 Å². The molecule has 0 heterocycles. The molecule has 0 saturated heterocycles. The molecule has 0 amide bonds. The normalized spacial score (nSPS) is 17.9. The molecular formula is C18H27F2N. The molecule has 1 aliphatic rings. The van der Waals surface area contributed by atoms with Crippen LogP contribution in [0.2, 0.25) is 0 Å². The monoisotopic (exact) mass is 295 g/mol. The second kappa shape index (κ2) is 8.47. The Bertz CT molecular complexity index is 427. The molecule has 1 atom stereocenters. The van der Waals surface area contributed by atoms with E-state index in [2.05, 4.69) is 12.2 Å². The van der Waals surface area contributed by atoms with E-state index in [1.165, 1.54) is 38.2 Å². The highest BCUT2D eigenvalue weighted by molar-refractivity contribution is 5.22. The van der Waals surface area contributed by atoms with Gasteiger partial charge in [-0.1, -0.05) is 51.2 Å². The van der Waals surface area contributed by atoms with E-state index in [0.717, 1.165) is 31.7 Å². The van der Waals surface area contributed by atoms with Crippen molar-refractivity contribution in [3.05, 3.63) is 35.4 Å². The molecule has 1 unspecified atom stereocenters. The van der Waals surface area contributed by atoms with E-state index in [4.69, 9.17) is 0 Å². The summed E-state index contributed by atoms with van der Waals surface area (Å²) < 4.78 is 27.5. The summed E-state index contributed by atoms with van der Waals surface area (Å²) in [5.41, 5.74) is 0.485. The van der Waals surface area contributed by atoms with E-state index < -0.39 is 11.6 Å². The van der Waals surface area contributed by atoms with E-state index in [1.54, 1.807) is 12.1 Å². The number of hydrogen-bond acceptors (Lipinski definition) is 1. The van der Waals surface area contributed by atoms with E-state index >= 15 is 0 Å². The molecule has 118 valence electrons. The number of nitrogens with one attached hydrogen (secondary N) is 1. The standard InChI is InChI=1S/C18H27F2N/c1-2-13-21-17(12-11-14-7-4-3-5-8-14)15-9-6-10-16(19)18(15)20/h6,9-10,14,17,21H,2-5,7-8,11-13H2,1H3. The van der Waals surface area contributed by atoms with Gasteiger partial charge in [-0.3, -0.25) is 0 Å². The van der Waals surface area contributed by atoms with Gasteiger partial charge >= 0.3 is 0 Å². The van der Waals surface area contributed by atoms with E-state index in [-0.39, 0.29) is 6.04 Å². The molecule has 1 fully saturated rings. The van der Waals surface area contributed by atoms with Gasteiger partial charge in [0.05, 0.1) is 0 Å². The Morgan fingerprint density at radius 3 is 2.67 bits per heavy atom. The van der Waals surface area contributed by atoms with Crippen LogP contribution in [-0.2, 0) is 0 Å². The molecule has 1 N–H and O–H groups in total. The van der Waals surface area contributed by atoms with Crippen molar-refractivity contribution in [3.63, 3.8) is 0 Å². The highest BCUT2D eigenvalue weighted by Gasteiger charge is 2.20. The lowest BCUT2D eigenvalue weighted by Crippen LogP contribution is -2.24.